The number of nitro benzene ring substituents is 1. The van der Waals surface area contributed by atoms with Gasteiger partial charge in [-0.25, -0.2) is 0 Å². The molecule has 4 aromatic rings. The van der Waals surface area contributed by atoms with Crippen molar-refractivity contribution in [3.8, 4) is 17.2 Å². The standard InChI is InChI=1S/C51H61N3O9/c1-6-25-53(49(57)37-22-21-34-15-8-9-16-35(34)29-37)46-33-44(52-63-50(3,4)5)42-30-36(17-10-12-26-55)41(20-11-13-27-56)47-43-32-40(61-39-19-14-18-38(31-39)54(58)59)23-24-45(43)62-51(46,48(42)47)60-28-7-2/h7-9,14-16,18-19,21-24,29-32,36,41,46-48,55-56H,2,6,10-13,17,20,25-28,33H2,1,3-5H3. The Morgan fingerprint density at radius 2 is 1.71 bits per heavy atom. The Hall–Kier alpha value is -5.56. The van der Waals surface area contributed by atoms with Crippen molar-refractivity contribution in [3.63, 3.8) is 0 Å². The molecule has 2 N–H and O–H groups in total. The van der Waals surface area contributed by atoms with Crippen molar-refractivity contribution in [2.45, 2.75) is 102 Å². The van der Waals surface area contributed by atoms with Crippen LogP contribution in [-0.4, -0.2) is 75.5 Å². The molecule has 4 aromatic carbocycles. The van der Waals surface area contributed by atoms with Crippen LogP contribution in [0.15, 0.2) is 114 Å². The van der Waals surface area contributed by atoms with Gasteiger partial charge in [0.15, 0.2) is 0 Å². The first kappa shape index (κ1) is 45.5. The fourth-order valence-electron chi connectivity index (χ4n) is 9.83. The average molecular weight is 860 g/mol. The van der Waals surface area contributed by atoms with Crippen LogP contribution >= 0.6 is 0 Å². The third-order valence-corrected chi connectivity index (χ3v) is 12.4. The predicted molar refractivity (Wildman–Crippen MR) is 244 cm³/mol. The van der Waals surface area contributed by atoms with Crippen LogP contribution in [0.25, 0.3) is 10.8 Å². The molecule has 12 nitrogen and oxygen atoms in total. The highest BCUT2D eigenvalue weighted by molar-refractivity contribution is 6.04. The van der Waals surface area contributed by atoms with E-state index in [4.69, 9.17) is 24.2 Å². The summed E-state index contributed by atoms with van der Waals surface area (Å²) in [5, 5.41) is 38.6. The van der Waals surface area contributed by atoms with Gasteiger partial charge in [0.2, 0.25) is 5.79 Å². The van der Waals surface area contributed by atoms with E-state index >= 15 is 4.79 Å². The number of rotatable bonds is 19. The Labute approximate surface area is 370 Å². The molecule has 1 heterocycles. The normalized spacial score (nSPS) is 23.2. The highest BCUT2D eigenvalue weighted by atomic mass is 16.7. The van der Waals surface area contributed by atoms with Crippen LogP contribution in [0.3, 0.4) is 0 Å². The van der Waals surface area contributed by atoms with Crippen LogP contribution in [0.5, 0.6) is 17.2 Å². The highest BCUT2D eigenvalue weighted by Crippen LogP contribution is 2.62. The zero-order chi connectivity index (χ0) is 44.7. The molecule has 3 aliphatic rings. The number of oxime groups is 1. The van der Waals surface area contributed by atoms with Crippen molar-refractivity contribution in [1.82, 2.24) is 4.90 Å². The number of hydrogen-bond donors (Lipinski definition) is 2. The molecule has 1 fully saturated rings. The van der Waals surface area contributed by atoms with E-state index in [9.17, 15) is 20.3 Å². The van der Waals surface area contributed by atoms with Gasteiger partial charge in [-0.3, -0.25) is 14.9 Å². The molecule has 7 rings (SSSR count). The lowest BCUT2D eigenvalue weighted by Crippen LogP contribution is -2.70. The van der Waals surface area contributed by atoms with E-state index in [2.05, 4.69) is 19.6 Å². The molecule has 1 aliphatic heterocycles. The number of allylic oxidation sites excluding steroid dienone is 1. The van der Waals surface area contributed by atoms with Gasteiger partial charge in [-0.05, 0) is 117 Å². The summed E-state index contributed by atoms with van der Waals surface area (Å²) in [5.41, 5.74) is 2.39. The van der Waals surface area contributed by atoms with Crippen molar-refractivity contribution in [1.29, 1.82) is 0 Å². The molecule has 63 heavy (non-hydrogen) atoms. The van der Waals surface area contributed by atoms with Crippen LogP contribution in [0.1, 0.15) is 101 Å². The molecule has 6 unspecified atom stereocenters. The predicted octanol–water partition coefficient (Wildman–Crippen LogP) is 10.5. The topological polar surface area (TPSA) is 153 Å². The number of nitrogens with zero attached hydrogens (tertiary/aromatic N) is 3. The number of aliphatic hydroxyl groups excluding tert-OH is 2. The summed E-state index contributed by atoms with van der Waals surface area (Å²) in [4.78, 5) is 34.6. The third-order valence-electron chi connectivity index (χ3n) is 12.4. The lowest BCUT2D eigenvalue weighted by atomic mass is 9.55. The van der Waals surface area contributed by atoms with Crippen molar-refractivity contribution >= 4 is 28.1 Å². The molecule has 0 aromatic heterocycles. The zero-order valence-electron chi connectivity index (χ0n) is 36.9. The molecule has 0 bridgehead atoms. The monoisotopic (exact) mass is 859 g/mol. The van der Waals surface area contributed by atoms with Gasteiger partial charge in [0.05, 0.1) is 29.2 Å². The van der Waals surface area contributed by atoms with E-state index in [-0.39, 0.29) is 55.6 Å². The summed E-state index contributed by atoms with van der Waals surface area (Å²) >= 11 is 0. The molecular weight excluding hydrogens is 799 g/mol. The number of benzene rings is 4. The molecule has 1 amide bonds. The Morgan fingerprint density at radius 1 is 0.968 bits per heavy atom. The Kier molecular flexibility index (Phi) is 14.3. The number of fused-ring (bicyclic) bond motifs is 3. The first-order chi connectivity index (χ1) is 30.4. The number of non-ortho nitro benzene ring substituents is 1. The number of aliphatic hydroxyl groups is 2. The van der Waals surface area contributed by atoms with E-state index in [1.165, 1.54) is 12.1 Å². The Bertz CT molecular complexity index is 2340. The number of ether oxygens (including phenoxy) is 3. The molecule has 0 radical (unpaired) electrons. The number of unbranched alkanes of at least 4 members (excludes halogenated alkanes) is 2. The second-order valence-electron chi connectivity index (χ2n) is 17.9. The minimum Gasteiger partial charge on any atom is -0.459 e. The summed E-state index contributed by atoms with van der Waals surface area (Å²) in [7, 11) is 0. The lowest BCUT2D eigenvalue weighted by molar-refractivity contribution is -0.384. The van der Waals surface area contributed by atoms with E-state index < -0.39 is 28.3 Å². The third kappa shape index (κ3) is 9.83. The molecule has 1 saturated carbocycles. The molecule has 12 heteroatoms. The smallest absolute Gasteiger partial charge is 0.273 e. The van der Waals surface area contributed by atoms with E-state index in [0.29, 0.717) is 54.3 Å². The van der Waals surface area contributed by atoms with Crippen LogP contribution in [0.4, 0.5) is 5.69 Å². The fourth-order valence-corrected chi connectivity index (χ4v) is 9.83. The maximum Gasteiger partial charge on any atom is 0.273 e. The molecule has 334 valence electrons. The maximum absolute atomic E-state index is 15.2. The van der Waals surface area contributed by atoms with Crippen LogP contribution in [0, 0.1) is 27.9 Å². The zero-order valence-corrected chi connectivity index (χ0v) is 36.9. The SMILES string of the molecule is C=CCOC12Oc3ccc(Oc4cccc([N+](=O)[O-])c4)cc3C3C(CCCCO)C(CCCCO)C=C(C(=NOC(C)(C)C)CC1N(CCC)C(=O)c1ccc4ccccc4c1)C32. The average Bonchev–Trinajstić information content (AvgIpc) is 3.27. The van der Waals surface area contributed by atoms with Crippen LogP contribution < -0.4 is 9.47 Å². The van der Waals surface area contributed by atoms with Gasteiger partial charge in [0, 0.05) is 49.3 Å². The molecular formula is C51H61N3O9. The second kappa shape index (κ2) is 19.9. The van der Waals surface area contributed by atoms with Crippen LogP contribution in [-0.2, 0) is 9.57 Å². The summed E-state index contributed by atoms with van der Waals surface area (Å²) in [5.74, 6) is -0.915. The first-order valence-electron chi connectivity index (χ1n) is 22.4. The van der Waals surface area contributed by atoms with Gasteiger partial charge in [0.25, 0.3) is 11.6 Å². The van der Waals surface area contributed by atoms with E-state index in [0.717, 1.165) is 47.6 Å². The first-order valence-corrected chi connectivity index (χ1v) is 22.4. The number of carbonyl (C=O) groups excluding carboxylic acids is 1. The van der Waals surface area contributed by atoms with Crippen LogP contribution in [0.2, 0.25) is 0 Å². The number of carbonyl (C=O) groups is 1. The van der Waals surface area contributed by atoms with Crippen molar-refractivity contribution in [2.75, 3.05) is 26.4 Å². The molecule has 2 aliphatic carbocycles. The highest BCUT2D eigenvalue weighted by Gasteiger charge is 2.65. The summed E-state index contributed by atoms with van der Waals surface area (Å²) < 4.78 is 20.9. The van der Waals surface area contributed by atoms with Crippen molar-refractivity contribution < 1.29 is 39.0 Å². The number of amides is 1. The molecule has 0 spiro atoms. The van der Waals surface area contributed by atoms with Gasteiger partial charge >= 0.3 is 0 Å². The Balaban J connectivity index is 1.46. The second-order valence-corrected chi connectivity index (χ2v) is 17.9. The lowest BCUT2D eigenvalue weighted by Gasteiger charge is -2.60. The van der Waals surface area contributed by atoms with Gasteiger partial charge in [-0.15, -0.1) is 6.58 Å². The maximum atomic E-state index is 15.2. The van der Waals surface area contributed by atoms with E-state index in [1.54, 1.807) is 24.3 Å². The summed E-state index contributed by atoms with van der Waals surface area (Å²) in [6.07, 6.45) is 9.41. The number of hydrogen-bond acceptors (Lipinski definition) is 10. The largest absolute Gasteiger partial charge is 0.459 e. The van der Waals surface area contributed by atoms with E-state index in [1.807, 2.05) is 80.3 Å². The van der Waals surface area contributed by atoms with Gasteiger partial charge < -0.3 is 34.2 Å². The minimum absolute atomic E-state index is 0.00533. The molecule has 0 saturated heterocycles. The Morgan fingerprint density at radius 3 is 2.43 bits per heavy atom. The van der Waals surface area contributed by atoms with Gasteiger partial charge in [0.1, 0.15) is 28.9 Å². The molecule has 6 atom stereocenters. The summed E-state index contributed by atoms with van der Waals surface area (Å²) in [6, 6.07) is 24.9. The summed E-state index contributed by atoms with van der Waals surface area (Å²) in [6.45, 7) is 12.7. The van der Waals surface area contributed by atoms with Gasteiger partial charge in [-0.1, -0.05) is 73.5 Å². The van der Waals surface area contributed by atoms with Crippen molar-refractivity contribution in [2.24, 2.45) is 22.9 Å². The van der Waals surface area contributed by atoms with Crippen molar-refractivity contribution in [3.05, 3.63) is 130 Å². The number of nitro groups is 1. The fraction of sp³-hybridized carbons (Fsp3) is 0.451. The quantitative estimate of drug-likeness (QED) is 0.0406. The minimum atomic E-state index is -1.42. The van der Waals surface area contributed by atoms with Gasteiger partial charge in [-0.2, -0.15) is 0 Å².